The van der Waals surface area contributed by atoms with Crippen LogP contribution in [0.2, 0.25) is 0 Å². The Morgan fingerprint density at radius 2 is 1.72 bits per heavy atom. The molecule has 0 N–H and O–H groups in total. The third kappa shape index (κ3) is 5.17. The van der Waals surface area contributed by atoms with E-state index in [1.165, 1.54) is 10.3 Å². The number of amides is 1. The van der Waals surface area contributed by atoms with Crippen LogP contribution in [-0.4, -0.2) is 39.8 Å². The third-order valence-electron chi connectivity index (χ3n) is 4.68. The molecule has 1 amide bonds. The summed E-state index contributed by atoms with van der Waals surface area (Å²) in [5.41, 5.74) is 1.06. The van der Waals surface area contributed by atoms with Crippen LogP contribution < -0.4 is 14.4 Å². The van der Waals surface area contributed by atoms with Crippen molar-refractivity contribution in [3.05, 3.63) is 65.6 Å². The van der Waals surface area contributed by atoms with E-state index in [1.807, 2.05) is 0 Å². The highest BCUT2D eigenvalue weighted by Gasteiger charge is 2.32. The number of carbonyl (C=O) groups is 1. The second-order valence-corrected chi connectivity index (χ2v) is 8.76. The molecule has 1 unspecified atom stereocenters. The summed E-state index contributed by atoms with van der Waals surface area (Å²) < 4.78 is 34.7. The van der Waals surface area contributed by atoms with Crippen LogP contribution in [0.3, 0.4) is 0 Å². The Bertz CT molecular complexity index is 965. The quantitative estimate of drug-likeness (QED) is 0.613. The van der Waals surface area contributed by atoms with Gasteiger partial charge in [0.05, 0.1) is 25.5 Å². The zero-order valence-electron chi connectivity index (χ0n) is 16.6. The second-order valence-electron chi connectivity index (χ2n) is 6.82. The molecule has 0 bridgehead atoms. The molecule has 29 heavy (non-hydrogen) atoms. The number of nitrogens with zero attached hydrogens (tertiary/aromatic N) is 1. The molecule has 6 nitrogen and oxygen atoms in total. The molecule has 1 heterocycles. The van der Waals surface area contributed by atoms with Crippen molar-refractivity contribution in [2.75, 3.05) is 24.4 Å². The van der Waals surface area contributed by atoms with Gasteiger partial charge in [-0.05, 0) is 61.0 Å². The van der Waals surface area contributed by atoms with Crippen LogP contribution in [0.1, 0.15) is 30.1 Å². The second kappa shape index (κ2) is 9.13. The summed E-state index contributed by atoms with van der Waals surface area (Å²) in [7, 11) is -1.75. The SMILES string of the molecule is CCCCOc1ccc(C(=O)N(c2ccc(OC)cc2)C2C=CS(=O)(=O)C2)cc1. The van der Waals surface area contributed by atoms with Crippen molar-refractivity contribution in [2.24, 2.45) is 0 Å². The average molecular weight is 416 g/mol. The van der Waals surface area contributed by atoms with Gasteiger partial charge in [0.2, 0.25) is 0 Å². The maximum Gasteiger partial charge on any atom is 0.258 e. The molecule has 0 radical (unpaired) electrons. The first-order valence-corrected chi connectivity index (χ1v) is 11.3. The zero-order chi connectivity index (χ0) is 20.9. The Kier molecular flexibility index (Phi) is 6.59. The van der Waals surface area contributed by atoms with Crippen LogP contribution in [-0.2, 0) is 9.84 Å². The van der Waals surface area contributed by atoms with Crippen LogP contribution in [0.4, 0.5) is 5.69 Å². The van der Waals surface area contributed by atoms with Crippen LogP contribution in [0, 0.1) is 0 Å². The van der Waals surface area contributed by atoms with E-state index < -0.39 is 15.9 Å². The van der Waals surface area contributed by atoms with E-state index in [4.69, 9.17) is 9.47 Å². The number of ether oxygens (including phenoxy) is 2. The number of methoxy groups -OCH3 is 1. The predicted octanol–water partition coefficient (Wildman–Crippen LogP) is 3.83. The number of anilines is 1. The smallest absolute Gasteiger partial charge is 0.258 e. The summed E-state index contributed by atoms with van der Waals surface area (Å²) >= 11 is 0. The lowest BCUT2D eigenvalue weighted by atomic mass is 10.1. The molecule has 1 atom stereocenters. The number of benzene rings is 2. The molecule has 1 aliphatic rings. The molecule has 0 aliphatic carbocycles. The van der Waals surface area contributed by atoms with E-state index in [1.54, 1.807) is 61.7 Å². The van der Waals surface area contributed by atoms with Crippen LogP contribution in [0.25, 0.3) is 0 Å². The van der Waals surface area contributed by atoms with Gasteiger partial charge < -0.3 is 14.4 Å². The molecule has 7 heteroatoms. The van der Waals surface area contributed by atoms with Gasteiger partial charge in [-0.1, -0.05) is 13.3 Å². The van der Waals surface area contributed by atoms with Crippen molar-refractivity contribution >= 4 is 21.4 Å². The molecule has 0 saturated heterocycles. The summed E-state index contributed by atoms with van der Waals surface area (Å²) in [6.07, 6.45) is 3.57. The average Bonchev–Trinajstić information content (AvgIpc) is 3.08. The van der Waals surface area contributed by atoms with Gasteiger partial charge in [0, 0.05) is 16.7 Å². The number of hydrogen-bond acceptors (Lipinski definition) is 5. The highest BCUT2D eigenvalue weighted by molar-refractivity contribution is 7.94. The maximum atomic E-state index is 13.3. The number of unbranched alkanes of at least 4 members (excludes halogenated alkanes) is 1. The van der Waals surface area contributed by atoms with Crippen molar-refractivity contribution in [1.82, 2.24) is 0 Å². The maximum absolute atomic E-state index is 13.3. The monoisotopic (exact) mass is 415 g/mol. The molecule has 1 aliphatic heterocycles. The summed E-state index contributed by atoms with van der Waals surface area (Å²) in [6.45, 7) is 2.73. The van der Waals surface area contributed by atoms with E-state index in [9.17, 15) is 13.2 Å². The van der Waals surface area contributed by atoms with Gasteiger partial charge >= 0.3 is 0 Å². The zero-order valence-corrected chi connectivity index (χ0v) is 17.4. The summed E-state index contributed by atoms with van der Waals surface area (Å²) in [4.78, 5) is 14.8. The molecular weight excluding hydrogens is 390 g/mol. The highest BCUT2D eigenvalue weighted by atomic mass is 32.2. The van der Waals surface area contributed by atoms with Crippen molar-refractivity contribution in [3.63, 3.8) is 0 Å². The fraction of sp³-hybridized carbons (Fsp3) is 0.318. The van der Waals surface area contributed by atoms with Gasteiger partial charge in [-0.3, -0.25) is 4.79 Å². The fourth-order valence-corrected chi connectivity index (χ4v) is 4.36. The first kappa shape index (κ1) is 20.9. The normalized spacial score (nSPS) is 17.1. The fourth-order valence-electron chi connectivity index (χ4n) is 3.09. The first-order valence-electron chi connectivity index (χ1n) is 9.55. The molecule has 154 valence electrons. The molecule has 0 fully saturated rings. The van der Waals surface area contributed by atoms with Gasteiger partial charge in [-0.2, -0.15) is 0 Å². The Balaban J connectivity index is 1.87. The van der Waals surface area contributed by atoms with E-state index in [2.05, 4.69) is 6.92 Å². The van der Waals surface area contributed by atoms with Gasteiger partial charge in [0.1, 0.15) is 11.5 Å². The molecule has 0 aromatic heterocycles. The lowest BCUT2D eigenvalue weighted by Crippen LogP contribution is -2.41. The number of carbonyl (C=O) groups excluding carboxylic acids is 1. The van der Waals surface area contributed by atoms with Gasteiger partial charge in [0.25, 0.3) is 5.91 Å². The number of rotatable bonds is 8. The lowest BCUT2D eigenvalue weighted by Gasteiger charge is -2.28. The standard InChI is InChI=1S/C22H25NO5S/c1-3-4-14-28-21-9-5-17(6-10-21)22(24)23(19-13-15-29(25,26)16-19)18-7-11-20(27-2)12-8-18/h5-13,15,19H,3-4,14,16H2,1-2H3. The summed E-state index contributed by atoms with van der Waals surface area (Å²) in [6, 6.07) is 13.3. The minimum atomic E-state index is -3.32. The van der Waals surface area contributed by atoms with Crippen molar-refractivity contribution in [1.29, 1.82) is 0 Å². The van der Waals surface area contributed by atoms with E-state index in [0.29, 0.717) is 29.4 Å². The molecule has 2 aromatic carbocycles. The van der Waals surface area contributed by atoms with E-state index >= 15 is 0 Å². The van der Waals surface area contributed by atoms with Crippen LogP contribution in [0.5, 0.6) is 11.5 Å². The Morgan fingerprint density at radius 1 is 1.07 bits per heavy atom. The summed E-state index contributed by atoms with van der Waals surface area (Å²) in [5.74, 6) is 0.948. The first-order chi connectivity index (χ1) is 13.9. The highest BCUT2D eigenvalue weighted by Crippen LogP contribution is 2.27. The summed E-state index contributed by atoms with van der Waals surface area (Å²) in [5, 5.41) is 1.17. The van der Waals surface area contributed by atoms with Crippen molar-refractivity contribution < 1.29 is 22.7 Å². The Hall–Kier alpha value is -2.80. The van der Waals surface area contributed by atoms with Gasteiger partial charge in [-0.25, -0.2) is 8.42 Å². The van der Waals surface area contributed by atoms with E-state index in [-0.39, 0.29) is 11.7 Å². The molecule has 3 rings (SSSR count). The Labute approximate surface area is 171 Å². The topological polar surface area (TPSA) is 72.9 Å². The molecule has 0 saturated carbocycles. The van der Waals surface area contributed by atoms with Crippen LogP contribution >= 0.6 is 0 Å². The van der Waals surface area contributed by atoms with Gasteiger partial charge in [-0.15, -0.1) is 0 Å². The molecule has 0 spiro atoms. The Morgan fingerprint density at radius 3 is 2.28 bits per heavy atom. The van der Waals surface area contributed by atoms with Gasteiger partial charge in [0.15, 0.2) is 9.84 Å². The molecule has 2 aromatic rings. The largest absolute Gasteiger partial charge is 0.497 e. The van der Waals surface area contributed by atoms with Crippen LogP contribution in [0.15, 0.2) is 60.0 Å². The lowest BCUT2D eigenvalue weighted by molar-refractivity contribution is 0.0983. The molecular formula is C22H25NO5S. The van der Waals surface area contributed by atoms with Crippen molar-refractivity contribution in [2.45, 2.75) is 25.8 Å². The minimum absolute atomic E-state index is 0.136. The number of sulfone groups is 1. The van der Waals surface area contributed by atoms with E-state index in [0.717, 1.165) is 12.8 Å². The predicted molar refractivity (Wildman–Crippen MR) is 113 cm³/mol. The van der Waals surface area contributed by atoms with Crippen molar-refractivity contribution in [3.8, 4) is 11.5 Å². The minimum Gasteiger partial charge on any atom is -0.497 e. The number of hydrogen-bond donors (Lipinski definition) is 0. The third-order valence-corrected chi connectivity index (χ3v) is 6.06.